The Kier molecular flexibility index (Phi) is 3.13. The van der Waals surface area contributed by atoms with Crippen LogP contribution in [0.4, 0.5) is 0 Å². The highest BCUT2D eigenvalue weighted by Gasteiger charge is 2.18. The molecule has 0 saturated heterocycles. The smallest absolute Gasteiger partial charge is 0.186 e. The van der Waals surface area contributed by atoms with Crippen molar-refractivity contribution in [2.45, 2.75) is 52.0 Å². The average molecular weight is 246 g/mol. The predicted octanol–water partition coefficient (Wildman–Crippen LogP) is 2.75. The number of aryl methyl sites for hydroxylation is 2. The summed E-state index contributed by atoms with van der Waals surface area (Å²) in [6, 6.07) is 0. The normalized spacial score (nSPS) is 16.7. The van der Waals surface area contributed by atoms with Gasteiger partial charge < -0.3 is 8.98 Å². The van der Waals surface area contributed by atoms with Crippen LogP contribution in [0.5, 0.6) is 0 Å². The Morgan fingerprint density at radius 2 is 1.94 bits per heavy atom. The monoisotopic (exact) mass is 246 g/mol. The van der Waals surface area contributed by atoms with Crippen LogP contribution in [0.1, 0.15) is 43.7 Å². The van der Waals surface area contributed by atoms with E-state index in [4.69, 9.17) is 4.42 Å². The Hall–Kier alpha value is -1.65. The van der Waals surface area contributed by atoms with Gasteiger partial charge in [0.2, 0.25) is 0 Å². The van der Waals surface area contributed by atoms with Crippen molar-refractivity contribution in [3.63, 3.8) is 0 Å². The number of hydrogen-bond acceptors (Lipinski definition) is 4. The summed E-state index contributed by atoms with van der Waals surface area (Å²) in [4.78, 5) is 4.25. The highest BCUT2D eigenvalue weighted by atomic mass is 16.3. The molecule has 0 saturated carbocycles. The van der Waals surface area contributed by atoms with E-state index in [0.29, 0.717) is 0 Å². The molecule has 1 aliphatic heterocycles. The van der Waals surface area contributed by atoms with Gasteiger partial charge in [0.05, 0.1) is 0 Å². The summed E-state index contributed by atoms with van der Waals surface area (Å²) >= 11 is 0. The molecule has 3 heterocycles. The third-order valence-electron chi connectivity index (χ3n) is 3.57. The fourth-order valence-corrected chi connectivity index (χ4v) is 2.53. The van der Waals surface area contributed by atoms with E-state index in [1.165, 1.54) is 38.5 Å². The Labute approximate surface area is 106 Å². The van der Waals surface area contributed by atoms with Crippen LogP contribution in [-0.4, -0.2) is 19.7 Å². The lowest BCUT2D eigenvalue weighted by molar-refractivity contribution is 0.527. The molecule has 0 unspecified atom stereocenters. The average Bonchev–Trinajstić information content (AvgIpc) is 2.95. The van der Waals surface area contributed by atoms with Crippen LogP contribution >= 0.6 is 0 Å². The number of hydrogen-bond donors (Lipinski definition) is 0. The van der Waals surface area contributed by atoms with Crippen LogP contribution in [0.25, 0.3) is 11.5 Å². The van der Waals surface area contributed by atoms with Crippen LogP contribution in [-0.2, 0) is 13.0 Å². The summed E-state index contributed by atoms with van der Waals surface area (Å²) in [5.41, 5.74) is 0.827. The Bertz CT molecular complexity index is 529. The molecular weight excluding hydrogens is 228 g/mol. The molecule has 3 rings (SSSR count). The van der Waals surface area contributed by atoms with E-state index in [1.807, 2.05) is 6.92 Å². The topological polar surface area (TPSA) is 56.7 Å². The lowest BCUT2D eigenvalue weighted by Crippen LogP contribution is -2.05. The van der Waals surface area contributed by atoms with E-state index >= 15 is 0 Å². The minimum Gasteiger partial charge on any atom is -0.448 e. The first kappa shape index (κ1) is 11.4. The summed E-state index contributed by atoms with van der Waals surface area (Å²) in [6.45, 7) is 2.91. The van der Waals surface area contributed by atoms with E-state index in [2.05, 4.69) is 19.7 Å². The fraction of sp³-hybridized carbons (Fsp3) is 0.615. The van der Waals surface area contributed by atoms with E-state index < -0.39 is 0 Å². The van der Waals surface area contributed by atoms with Gasteiger partial charge in [-0.25, -0.2) is 4.98 Å². The number of fused-ring (bicyclic) bond motifs is 1. The lowest BCUT2D eigenvalue weighted by Gasteiger charge is -2.07. The molecule has 0 amide bonds. The van der Waals surface area contributed by atoms with E-state index in [-0.39, 0.29) is 0 Å². The molecule has 2 aromatic rings. The molecular formula is C13H18N4O. The maximum absolute atomic E-state index is 5.27. The largest absolute Gasteiger partial charge is 0.448 e. The highest BCUT2D eigenvalue weighted by molar-refractivity contribution is 5.51. The second-order valence-electron chi connectivity index (χ2n) is 4.87. The molecule has 5 nitrogen and oxygen atoms in total. The van der Waals surface area contributed by atoms with Crippen molar-refractivity contribution in [1.82, 2.24) is 19.7 Å². The lowest BCUT2D eigenvalue weighted by atomic mass is 10.1. The van der Waals surface area contributed by atoms with Crippen LogP contribution in [0.15, 0.2) is 10.8 Å². The minimum atomic E-state index is 0.810. The van der Waals surface area contributed by atoms with Crippen LogP contribution in [0.2, 0.25) is 0 Å². The van der Waals surface area contributed by atoms with Crippen molar-refractivity contribution < 1.29 is 4.42 Å². The van der Waals surface area contributed by atoms with Crippen molar-refractivity contribution in [2.75, 3.05) is 0 Å². The SMILES string of the molecule is Cc1ocnc1-c1nnc2n1CCCCCCC2. The molecule has 0 aromatic carbocycles. The Balaban J connectivity index is 1.99. The first-order chi connectivity index (χ1) is 8.86. The zero-order valence-corrected chi connectivity index (χ0v) is 10.7. The second-order valence-corrected chi connectivity index (χ2v) is 4.87. The molecule has 96 valence electrons. The molecule has 0 atom stereocenters. The minimum absolute atomic E-state index is 0.810. The van der Waals surface area contributed by atoms with Gasteiger partial charge in [0.25, 0.3) is 0 Å². The molecule has 0 aliphatic carbocycles. The van der Waals surface area contributed by atoms with E-state index in [9.17, 15) is 0 Å². The summed E-state index contributed by atoms with van der Waals surface area (Å²) in [7, 11) is 0. The molecule has 1 aliphatic rings. The summed E-state index contributed by atoms with van der Waals surface area (Å²) in [6.07, 6.45) is 8.80. The molecule has 0 spiro atoms. The molecule has 0 bridgehead atoms. The van der Waals surface area contributed by atoms with Gasteiger partial charge >= 0.3 is 0 Å². The van der Waals surface area contributed by atoms with Crippen LogP contribution in [0.3, 0.4) is 0 Å². The van der Waals surface area contributed by atoms with Gasteiger partial charge in [-0.05, 0) is 19.8 Å². The van der Waals surface area contributed by atoms with Gasteiger partial charge in [0, 0.05) is 13.0 Å². The van der Waals surface area contributed by atoms with Gasteiger partial charge in [0.1, 0.15) is 17.3 Å². The zero-order chi connectivity index (χ0) is 12.4. The van der Waals surface area contributed by atoms with Crippen molar-refractivity contribution in [2.24, 2.45) is 0 Å². The van der Waals surface area contributed by atoms with E-state index in [0.717, 1.165) is 36.1 Å². The number of aromatic nitrogens is 4. The standard InChI is InChI=1S/C13H18N4O/c1-10-12(14-9-18-10)13-16-15-11-7-5-3-2-4-6-8-17(11)13/h9H,2-8H2,1H3. The molecule has 2 aromatic heterocycles. The van der Waals surface area contributed by atoms with Crippen LogP contribution < -0.4 is 0 Å². The Morgan fingerprint density at radius 1 is 1.11 bits per heavy atom. The first-order valence-electron chi connectivity index (χ1n) is 6.69. The Morgan fingerprint density at radius 3 is 2.78 bits per heavy atom. The van der Waals surface area contributed by atoms with Crippen LogP contribution in [0, 0.1) is 6.92 Å². The van der Waals surface area contributed by atoms with Gasteiger partial charge in [-0.2, -0.15) is 0 Å². The number of oxazole rings is 1. The van der Waals surface area contributed by atoms with Gasteiger partial charge in [-0.3, -0.25) is 0 Å². The fourth-order valence-electron chi connectivity index (χ4n) is 2.53. The predicted molar refractivity (Wildman–Crippen MR) is 67.0 cm³/mol. The second kappa shape index (κ2) is 4.92. The van der Waals surface area contributed by atoms with Crippen molar-refractivity contribution in [1.29, 1.82) is 0 Å². The van der Waals surface area contributed by atoms with Gasteiger partial charge in [-0.15, -0.1) is 10.2 Å². The molecule has 0 N–H and O–H groups in total. The van der Waals surface area contributed by atoms with Crippen molar-refractivity contribution in [3.05, 3.63) is 18.0 Å². The number of nitrogens with zero attached hydrogens (tertiary/aromatic N) is 4. The molecule has 0 radical (unpaired) electrons. The van der Waals surface area contributed by atoms with Gasteiger partial charge in [0.15, 0.2) is 12.2 Å². The third kappa shape index (κ3) is 2.05. The van der Waals surface area contributed by atoms with Crippen molar-refractivity contribution in [3.8, 4) is 11.5 Å². The third-order valence-corrected chi connectivity index (χ3v) is 3.57. The maximum atomic E-state index is 5.27. The van der Waals surface area contributed by atoms with E-state index in [1.54, 1.807) is 0 Å². The molecule has 0 fully saturated rings. The summed E-state index contributed by atoms with van der Waals surface area (Å²) in [5.74, 6) is 2.76. The maximum Gasteiger partial charge on any atom is 0.186 e. The van der Waals surface area contributed by atoms with Crippen molar-refractivity contribution >= 4 is 0 Å². The quantitative estimate of drug-likeness (QED) is 0.776. The zero-order valence-electron chi connectivity index (χ0n) is 10.7. The number of rotatable bonds is 1. The molecule has 18 heavy (non-hydrogen) atoms. The first-order valence-corrected chi connectivity index (χ1v) is 6.69. The highest BCUT2D eigenvalue weighted by Crippen LogP contribution is 2.23. The van der Waals surface area contributed by atoms with Gasteiger partial charge in [-0.1, -0.05) is 19.3 Å². The summed E-state index contributed by atoms with van der Waals surface area (Å²) < 4.78 is 7.49. The molecule has 5 heteroatoms. The summed E-state index contributed by atoms with van der Waals surface area (Å²) in [5, 5.41) is 8.63.